The average Bonchev–Trinajstić information content (AvgIpc) is 3.18. The van der Waals surface area contributed by atoms with Crippen LogP contribution in [0.1, 0.15) is 23.2 Å². The molecule has 1 heterocycles. The summed E-state index contributed by atoms with van der Waals surface area (Å²) in [6.07, 6.45) is 1.70. The fourth-order valence-corrected chi connectivity index (χ4v) is 2.21. The summed E-state index contributed by atoms with van der Waals surface area (Å²) in [4.78, 5) is 23.5. The van der Waals surface area contributed by atoms with Crippen molar-refractivity contribution in [1.29, 1.82) is 0 Å². The van der Waals surface area contributed by atoms with Gasteiger partial charge in [-0.05, 0) is 31.0 Å². The zero-order chi connectivity index (χ0) is 12.8. The van der Waals surface area contributed by atoms with Crippen molar-refractivity contribution < 1.29 is 14.3 Å². The number of hydrogen-bond acceptors (Lipinski definition) is 4. The van der Waals surface area contributed by atoms with Crippen LogP contribution in [0.4, 0.5) is 5.69 Å². The number of rotatable bonds is 3. The van der Waals surface area contributed by atoms with Crippen molar-refractivity contribution in [2.45, 2.75) is 12.8 Å². The number of ether oxygens (including phenoxy) is 1. The fraction of sp³-hybridized carbons (Fsp3) is 0.385. The Labute approximate surface area is 104 Å². The van der Waals surface area contributed by atoms with Crippen LogP contribution < -0.4 is 15.8 Å². The maximum Gasteiger partial charge on any atom is 0.262 e. The molecule has 1 aliphatic heterocycles. The molecule has 1 aliphatic carbocycles. The zero-order valence-corrected chi connectivity index (χ0v) is 9.86. The molecule has 0 saturated heterocycles. The lowest BCUT2D eigenvalue weighted by Crippen LogP contribution is -2.27. The predicted molar refractivity (Wildman–Crippen MR) is 65.6 cm³/mol. The van der Waals surface area contributed by atoms with Crippen LogP contribution in [0.15, 0.2) is 18.2 Å². The summed E-state index contributed by atoms with van der Waals surface area (Å²) in [5.74, 6) is 0.462. The van der Waals surface area contributed by atoms with Gasteiger partial charge in [-0.25, -0.2) is 0 Å². The minimum absolute atomic E-state index is 0.0209. The van der Waals surface area contributed by atoms with Gasteiger partial charge in [0.15, 0.2) is 12.4 Å². The quantitative estimate of drug-likeness (QED) is 0.778. The highest BCUT2D eigenvalue weighted by atomic mass is 16.5. The Morgan fingerprint density at radius 2 is 2.22 bits per heavy atom. The van der Waals surface area contributed by atoms with Gasteiger partial charge in [0.25, 0.3) is 5.91 Å². The minimum atomic E-state index is -0.367. The van der Waals surface area contributed by atoms with Gasteiger partial charge in [-0.2, -0.15) is 0 Å². The second-order valence-corrected chi connectivity index (χ2v) is 4.86. The maximum atomic E-state index is 12.3. The van der Waals surface area contributed by atoms with Gasteiger partial charge in [0.1, 0.15) is 5.75 Å². The number of anilines is 1. The van der Waals surface area contributed by atoms with Crippen LogP contribution in [0.25, 0.3) is 0 Å². The van der Waals surface area contributed by atoms with Crippen molar-refractivity contribution in [3.8, 4) is 5.75 Å². The number of amides is 1. The van der Waals surface area contributed by atoms with Crippen molar-refractivity contribution in [2.75, 3.05) is 18.5 Å². The molecule has 1 saturated carbocycles. The van der Waals surface area contributed by atoms with Crippen LogP contribution in [0.5, 0.6) is 5.75 Å². The number of nitrogens with one attached hydrogen (secondary N) is 1. The Kier molecular flexibility index (Phi) is 2.38. The van der Waals surface area contributed by atoms with E-state index >= 15 is 0 Å². The molecule has 0 aromatic heterocycles. The predicted octanol–water partition coefficient (Wildman–Crippen LogP) is 0.939. The number of hydrogen-bond donors (Lipinski definition) is 2. The summed E-state index contributed by atoms with van der Waals surface area (Å²) in [6, 6.07) is 5.12. The van der Waals surface area contributed by atoms with Gasteiger partial charge in [0.2, 0.25) is 0 Å². The molecule has 1 aromatic rings. The summed E-state index contributed by atoms with van der Waals surface area (Å²) >= 11 is 0. The van der Waals surface area contributed by atoms with Crippen LogP contribution in [-0.4, -0.2) is 24.8 Å². The third kappa shape index (κ3) is 1.67. The van der Waals surface area contributed by atoms with Crippen molar-refractivity contribution in [1.82, 2.24) is 0 Å². The monoisotopic (exact) mass is 246 g/mol. The fourth-order valence-electron chi connectivity index (χ4n) is 2.21. The van der Waals surface area contributed by atoms with Crippen molar-refractivity contribution >= 4 is 17.4 Å². The molecule has 0 bridgehead atoms. The first-order chi connectivity index (χ1) is 8.64. The summed E-state index contributed by atoms with van der Waals surface area (Å²) in [5.41, 5.74) is 6.43. The lowest BCUT2D eigenvalue weighted by Gasteiger charge is -2.19. The molecule has 0 unspecified atom stereocenters. The van der Waals surface area contributed by atoms with Crippen molar-refractivity contribution in [2.24, 2.45) is 11.1 Å². The second-order valence-electron chi connectivity index (χ2n) is 4.86. The summed E-state index contributed by atoms with van der Waals surface area (Å²) in [6.45, 7) is 0.402. The van der Waals surface area contributed by atoms with E-state index < -0.39 is 0 Å². The number of fused-ring (bicyclic) bond motifs is 1. The minimum Gasteiger partial charge on any atom is -0.482 e. The molecule has 94 valence electrons. The van der Waals surface area contributed by atoms with Crippen LogP contribution >= 0.6 is 0 Å². The Hall–Kier alpha value is -1.88. The third-order valence-electron chi connectivity index (χ3n) is 3.60. The summed E-state index contributed by atoms with van der Waals surface area (Å²) in [5, 5.41) is 2.70. The smallest absolute Gasteiger partial charge is 0.262 e. The maximum absolute atomic E-state index is 12.3. The molecule has 5 nitrogen and oxygen atoms in total. The number of carbonyl (C=O) groups excluding carboxylic acids is 2. The van der Waals surface area contributed by atoms with Gasteiger partial charge in [0, 0.05) is 17.5 Å². The molecule has 2 aliphatic rings. The van der Waals surface area contributed by atoms with Gasteiger partial charge in [0.05, 0.1) is 5.69 Å². The van der Waals surface area contributed by atoms with Gasteiger partial charge < -0.3 is 15.8 Å². The van der Waals surface area contributed by atoms with E-state index in [1.54, 1.807) is 18.2 Å². The Morgan fingerprint density at radius 3 is 2.89 bits per heavy atom. The normalized spacial score (nSPS) is 19.5. The molecule has 3 N–H and O–H groups in total. The van der Waals surface area contributed by atoms with E-state index in [9.17, 15) is 9.59 Å². The summed E-state index contributed by atoms with van der Waals surface area (Å²) < 4.78 is 5.25. The van der Waals surface area contributed by atoms with Gasteiger partial charge in [-0.15, -0.1) is 0 Å². The molecule has 1 fully saturated rings. The van der Waals surface area contributed by atoms with Crippen LogP contribution in [0.3, 0.4) is 0 Å². The van der Waals surface area contributed by atoms with E-state index in [2.05, 4.69) is 5.32 Å². The first-order valence-electron chi connectivity index (χ1n) is 5.96. The lowest BCUT2D eigenvalue weighted by molar-refractivity contribution is -0.118. The first kappa shape index (κ1) is 11.2. The highest BCUT2D eigenvalue weighted by Gasteiger charge is 2.48. The molecule has 0 radical (unpaired) electrons. The highest BCUT2D eigenvalue weighted by Crippen LogP contribution is 2.47. The van der Waals surface area contributed by atoms with E-state index in [1.165, 1.54) is 0 Å². The second kappa shape index (κ2) is 3.81. The number of carbonyl (C=O) groups is 2. The van der Waals surface area contributed by atoms with Gasteiger partial charge in [-0.1, -0.05) is 0 Å². The molecule has 0 spiro atoms. The standard InChI is InChI=1S/C13H14N2O3/c14-7-13(3-4-13)12(17)8-1-2-10-9(5-8)15-11(16)6-18-10/h1-2,5H,3-4,6-7,14H2,(H,15,16). The van der Waals surface area contributed by atoms with E-state index in [0.29, 0.717) is 23.5 Å². The summed E-state index contributed by atoms with van der Waals surface area (Å²) in [7, 11) is 0. The molecule has 0 atom stereocenters. The number of Topliss-reactive ketones (excluding diaryl/α,β-unsaturated/α-hetero) is 1. The topological polar surface area (TPSA) is 81.4 Å². The molecule has 1 amide bonds. The Bertz CT molecular complexity index is 535. The molecule has 18 heavy (non-hydrogen) atoms. The average molecular weight is 246 g/mol. The van der Waals surface area contributed by atoms with Gasteiger partial charge in [-0.3, -0.25) is 9.59 Å². The molecular formula is C13H14N2O3. The number of ketones is 1. The van der Waals surface area contributed by atoms with Crippen LogP contribution in [0.2, 0.25) is 0 Å². The number of benzene rings is 1. The van der Waals surface area contributed by atoms with Crippen molar-refractivity contribution in [3.63, 3.8) is 0 Å². The van der Waals surface area contributed by atoms with Crippen LogP contribution in [-0.2, 0) is 4.79 Å². The van der Waals surface area contributed by atoms with E-state index in [0.717, 1.165) is 12.8 Å². The Morgan fingerprint density at radius 1 is 1.44 bits per heavy atom. The lowest BCUT2D eigenvalue weighted by atomic mass is 9.94. The molecule has 1 aromatic carbocycles. The van der Waals surface area contributed by atoms with Crippen LogP contribution in [0, 0.1) is 5.41 Å². The first-order valence-corrected chi connectivity index (χ1v) is 5.96. The van der Waals surface area contributed by atoms with E-state index in [4.69, 9.17) is 10.5 Å². The molecule has 5 heteroatoms. The highest BCUT2D eigenvalue weighted by molar-refractivity contribution is 6.04. The molecular weight excluding hydrogens is 232 g/mol. The van der Waals surface area contributed by atoms with E-state index in [1.807, 2.05) is 0 Å². The van der Waals surface area contributed by atoms with Crippen molar-refractivity contribution in [3.05, 3.63) is 23.8 Å². The zero-order valence-electron chi connectivity index (χ0n) is 9.86. The SMILES string of the molecule is NCC1(C(=O)c2ccc3c(c2)NC(=O)CO3)CC1. The largest absolute Gasteiger partial charge is 0.482 e. The number of nitrogens with two attached hydrogens (primary N) is 1. The molecule has 3 rings (SSSR count). The third-order valence-corrected chi connectivity index (χ3v) is 3.60. The van der Waals surface area contributed by atoms with E-state index in [-0.39, 0.29) is 23.7 Å². The Balaban J connectivity index is 1.92. The van der Waals surface area contributed by atoms with Gasteiger partial charge >= 0.3 is 0 Å².